The molecule has 3 N–H and O–H groups in total. The summed E-state index contributed by atoms with van der Waals surface area (Å²) in [5, 5.41) is 8.47. The molecule has 7 nitrogen and oxygen atoms in total. The fourth-order valence-electron chi connectivity index (χ4n) is 1.37. The van der Waals surface area contributed by atoms with E-state index in [1.54, 1.807) is 6.92 Å². The first-order chi connectivity index (χ1) is 6.86. The monoisotopic (exact) mass is 215 g/mol. The van der Waals surface area contributed by atoms with Gasteiger partial charge in [0.25, 0.3) is 0 Å². The Kier molecular flexibility index (Phi) is 2.94. The third-order valence-electron chi connectivity index (χ3n) is 2.35. The molecule has 0 radical (unpaired) electrons. The molecule has 1 rings (SSSR count). The van der Waals surface area contributed by atoms with Crippen molar-refractivity contribution < 1.29 is 19.5 Å². The van der Waals surface area contributed by atoms with Crippen LogP contribution in [-0.4, -0.2) is 58.5 Å². The van der Waals surface area contributed by atoms with Crippen molar-refractivity contribution in [2.24, 2.45) is 5.73 Å². The molecule has 2 atom stereocenters. The number of hydrogen-bond donors (Lipinski definition) is 2. The minimum Gasteiger partial charge on any atom is -0.480 e. The van der Waals surface area contributed by atoms with Crippen LogP contribution in [0.4, 0.5) is 4.79 Å². The maximum Gasteiger partial charge on any atom is 0.327 e. The van der Waals surface area contributed by atoms with Crippen LogP contribution in [0.3, 0.4) is 0 Å². The number of urea groups is 1. The first kappa shape index (κ1) is 11.4. The standard InChI is InChI=1S/C8H13N3O4/c1-4-6(9)7(14)11(4)8(15)10(2)3-5(12)13/h4,6H,3,9H2,1-2H3,(H,12,13)/t4-,6-/m0/s1. The van der Waals surface area contributed by atoms with E-state index >= 15 is 0 Å². The van der Waals surface area contributed by atoms with Crippen molar-refractivity contribution in [3.8, 4) is 0 Å². The second-order valence-corrected chi connectivity index (χ2v) is 3.51. The van der Waals surface area contributed by atoms with Crippen LogP contribution in [0.2, 0.25) is 0 Å². The normalized spacial score (nSPS) is 24.7. The zero-order valence-corrected chi connectivity index (χ0v) is 8.51. The van der Waals surface area contributed by atoms with Gasteiger partial charge in [-0.2, -0.15) is 0 Å². The van der Waals surface area contributed by atoms with Gasteiger partial charge in [-0.1, -0.05) is 0 Å². The smallest absolute Gasteiger partial charge is 0.327 e. The highest BCUT2D eigenvalue weighted by Crippen LogP contribution is 2.19. The summed E-state index contributed by atoms with van der Waals surface area (Å²) < 4.78 is 0. The molecular weight excluding hydrogens is 202 g/mol. The van der Waals surface area contributed by atoms with Crippen LogP contribution in [0.5, 0.6) is 0 Å². The summed E-state index contributed by atoms with van der Waals surface area (Å²) in [7, 11) is 1.32. The minimum atomic E-state index is -1.13. The zero-order valence-electron chi connectivity index (χ0n) is 8.51. The van der Waals surface area contributed by atoms with Gasteiger partial charge in [-0.05, 0) is 6.92 Å². The lowest BCUT2D eigenvalue weighted by atomic mass is 9.99. The van der Waals surface area contributed by atoms with Gasteiger partial charge in [0.15, 0.2) is 0 Å². The van der Waals surface area contributed by atoms with E-state index in [0.29, 0.717) is 0 Å². The molecule has 15 heavy (non-hydrogen) atoms. The second kappa shape index (κ2) is 3.85. The van der Waals surface area contributed by atoms with Crippen molar-refractivity contribution in [1.82, 2.24) is 9.80 Å². The summed E-state index contributed by atoms with van der Waals surface area (Å²) in [4.78, 5) is 35.0. The third kappa shape index (κ3) is 1.91. The Bertz CT molecular complexity index is 317. The average molecular weight is 215 g/mol. The first-order valence-corrected chi connectivity index (χ1v) is 4.41. The number of β-lactam (4-membered cyclic amide) rings is 1. The Labute approximate surface area is 86.4 Å². The predicted octanol–water partition coefficient (Wildman–Crippen LogP) is -1.32. The molecule has 84 valence electrons. The molecule has 0 saturated carbocycles. The van der Waals surface area contributed by atoms with Gasteiger partial charge >= 0.3 is 12.0 Å². The Morgan fingerprint density at radius 2 is 2.13 bits per heavy atom. The van der Waals surface area contributed by atoms with Gasteiger partial charge in [0.05, 0.1) is 6.04 Å². The van der Waals surface area contributed by atoms with Crippen molar-refractivity contribution >= 4 is 17.9 Å². The number of carbonyl (C=O) groups excluding carboxylic acids is 2. The molecule has 0 aromatic rings. The highest BCUT2D eigenvalue weighted by atomic mass is 16.4. The van der Waals surface area contributed by atoms with Crippen LogP contribution in [0.25, 0.3) is 0 Å². The molecule has 0 spiro atoms. The van der Waals surface area contributed by atoms with E-state index in [1.165, 1.54) is 7.05 Å². The van der Waals surface area contributed by atoms with Gasteiger partial charge in [-0.3, -0.25) is 14.5 Å². The van der Waals surface area contributed by atoms with Crippen molar-refractivity contribution in [2.75, 3.05) is 13.6 Å². The molecule has 1 saturated heterocycles. The van der Waals surface area contributed by atoms with Crippen molar-refractivity contribution in [1.29, 1.82) is 0 Å². The summed E-state index contributed by atoms with van der Waals surface area (Å²) in [6, 6.07) is -1.66. The van der Waals surface area contributed by atoms with Crippen molar-refractivity contribution in [2.45, 2.75) is 19.0 Å². The van der Waals surface area contributed by atoms with Crippen LogP contribution < -0.4 is 5.73 Å². The number of carbonyl (C=O) groups is 3. The average Bonchev–Trinajstić information content (AvgIpc) is 2.16. The molecule has 7 heteroatoms. The maximum atomic E-state index is 11.5. The van der Waals surface area contributed by atoms with Gasteiger partial charge in [-0.15, -0.1) is 0 Å². The Hall–Kier alpha value is -1.63. The molecule has 1 aliphatic rings. The molecule has 0 aromatic heterocycles. The van der Waals surface area contributed by atoms with E-state index < -0.39 is 30.5 Å². The van der Waals surface area contributed by atoms with Gasteiger partial charge in [0.1, 0.15) is 12.6 Å². The summed E-state index contributed by atoms with van der Waals surface area (Å²) in [6.45, 7) is 1.20. The topological polar surface area (TPSA) is 104 Å². The summed E-state index contributed by atoms with van der Waals surface area (Å²) in [5.41, 5.74) is 5.42. The predicted molar refractivity (Wildman–Crippen MR) is 49.9 cm³/mol. The highest BCUT2D eigenvalue weighted by Gasteiger charge is 2.46. The summed E-state index contributed by atoms with van der Waals surface area (Å²) in [5.74, 6) is -1.60. The Balaban J connectivity index is 2.62. The van der Waals surface area contributed by atoms with Crippen LogP contribution in [-0.2, 0) is 9.59 Å². The first-order valence-electron chi connectivity index (χ1n) is 4.41. The van der Waals surface area contributed by atoms with Crippen molar-refractivity contribution in [3.63, 3.8) is 0 Å². The summed E-state index contributed by atoms with van der Waals surface area (Å²) in [6.07, 6.45) is 0. The molecular formula is C8H13N3O4. The number of imide groups is 1. The number of hydrogen-bond acceptors (Lipinski definition) is 4. The lowest BCUT2D eigenvalue weighted by Crippen LogP contribution is -2.70. The number of nitrogens with zero attached hydrogens (tertiary/aromatic N) is 2. The molecule has 0 aliphatic carbocycles. The largest absolute Gasteiger partial charge is 0.480 e. The van der Waals surface area contributed by atoms with E-state index in [0.717, 1.165) is 9.80 Å². The molecule has 0 unspecified atom stereocenters. The van der Waals surface area contributed by atoms with Gasteiger partial charge < -0.3 is 15.7 Å². The second-order valence-electron chi connectivity index (χ2n) is 3.51. The minimum absolute atomic E-state index is 0.374. The van der Waals surface area contributed by atoms with Gasteiger partial charge in [0, 0.05) is 7.05 Å². The Morgan fingerprint density at radius 1 is 1.60 bits per heavy atom. The quantitative estimate of drug-likeness (QED) is 0.556. The van der Waals surface area contributed by atoms with E-state index in [1.807, 2.05) is 0 Å². The maximum absolute atomic E-state index is 11.5. The lowest BCUT2D eigenvalue weighted by Gasteiger charge is -2.42. The van der Waals surface area contributed by atoms with Crippen molar-refractivity contribution in [3.05, 3.63) is 0 Å². The van der Waals surface area contributed by atoms with Crippen LogP contribution in [0, 0.1) is 0 Å². The van der Waals surface area contributed by atoms with Crippen LogP contribution in [0.15, 0.2) is 0 Å². The van der Waals surface area contributed by atoms with E-state index in [4.69, 9.17) is 10.8 Å². The zero-order chi connectivity index (χ0) is 11.7. The number of amides is 3. The number of carboxylic acids is 1. The van der Waals surface area contributed by atoms with Gasteiger partial charge in [0.2, 0.25) is 5.91 Å². The number of likely N-dealkylation sites (tertiary alicyclic amines) is 1. The van der Waals surface area contributed by atoms with E-state index in [2.05, 4.69) is 0 Å². The third-order valence-corrected chi connectivity index (χ3v) is 2.35. The van der Waals surface area contributed by atoms with Crippen LogP contribution in [0.1, 0.15) is 6.92 Å². The number of aliphatic carboxylic acids is 1. The molecule has 1 aliphatic heterocycles. The van der Waals surface area contributed by atoms with Crippen LogP contribution >= 0.6 is 0 Å². The number of carboxylic acid groups (broad SMARTS) is 1. The lowest BCUT2D eigenvalue weighted by molar-refractivity contribution is -0.145. The van der Waals surface area contributed by atoms with E-state index in [-0.39, 0.29) is 6.04 Å². The molecule has 1 fully saturated rings. The highest BCUT2D eigenvalue weighted by molar-refractivity contribution is 6.03. The molecule has 3 amide bonds. The summed E-state index contributed by atoms with van der Waals surface area (Å²) >= 11 is 0. The number of rotatable bonds is 2. The molecule has 0 aromatic carbocycles. The number of likely N-dealkylation sites (N-methyl/N-ethyl adjacent to an activating group) is 1. The fourth-order valence-corrected chi connectivity index (χ4v) is 1.37. The molecule has 1 heterocycles. The Morgan fingerprint density at radius 3 is 2.53 bits per heavy atom. The molecule has 0 bridgehead atoms. The fraction of sp³-hybridized carbons (Fsp3) is 0.625. The van der Waals surface area contributed by atoms with E-state index in [9.17, 15) is 14.4 Å². The number of nitrogens with two attached hydrogens (primary N) is 1. The SMILES string of the molecule is C[C@H]1[C@H](N)C(=O)N1C(=O)N(C)CC(=O)O. The van der Waals surface area contributed by atoms with Gasteiger partial charge in [-0.25, -0.2) is 4.79 Å².